The molecular formula is C21H18BrN3. The molecular weight excluding hydrogens is 374 g/mol. The van der Waals surface area contributed by atoms with Gasteiger partial charge in [-0.05, 0) is 30.2 Å². The first kappa shape index (κ1) is 15.9. The molecule has 2 aromatic heterocycles. The van der Waals surface area contributed by atoms with Gasteiger partial charge in [0.1, 0.15) is 5.82 Å². The second-order valence-corrected chi connectivity index (χ2v) is 6.90. The summed E-state index contributed by atoms with van der Waals surface area (Å²) in [4.78, 5) is 11.8. The van der Waals surface area contributed by atoms with Crippen LogP contribution in [0.5, 0.6) is 0 Å². The molecule has 2 heterocycles. The fraction of sp³-hybridized carbons (Fsp3) is 0.0952. The molecule has 1 aliphatic carbocycles. The van der Waals surface area contributed by atoms with Gasteiger partial charge < -0.3 is 9.97 Å². The van der Waals surface area contributed by atoms with Crippen LogP contribution in [0.1, 0.15) is 17.8 Å². The van der Waals surface area contributed by atoms with E-state index in [9.17, 15) is 0 Å². The van der Waals surface area contributed by atoms with Gasteiger partial charge in [-0.3, -0.25) is 0 Å². The van der Waals surface area contributed by atoms with Gasteiger partial charge in [0.05, 0.1) is 5.69 Å². The molecule has 4 rings (SSSR count). The largest absolute Gasteiger partial charge is 0.360 e. The maximum atomic E-state index is 4.93. The molecule has 4 heteroatoms. The topological polar surface area (TPSA) is 44.5 Å². The van der Waals surface area contributed by atoms with Crippen molar-refractivity contribution in [1.29, 1.82) is 0 Å². The molecule has 0 spiro atoms. The molecule has 0 saturated heterocycles. The summed E-state index contributed by atoms with van der Waals surface area (Å²) in [5.74, 6) is 0.878. The summed E-state index contributed by atoms with van der Waals surface area (Å²) < 4.78 is 1.06. The van der Waals surface area contributed by atoms with E-state index in [4.69, 9.17) is 4.98 Å². The van der Waals surface area contributed by atoms with E-state index < -0.39 is 0 Å². The fourth-order valence-electron chi connectivity index (χ4n) is 3.11. The minimum atomic E-state index is 0.757. The highest BCUT2D eigenvalue weighted by Gasteiger charge is 2.16. The lowest BCUT2D eigenvalue weighted by atomic mass is 10.1. The molecule has 0 unspecified atom stereocenters. The molecule has 0 atom stereocenters. The van der Waals surface area contributed by atoms with Gasteiger partial charge in [0, 0.05) is 39.3 Å². The average molecular weight is 392 g/mol. The molecule has 3 nitrogen and oxygen atoms in total. The Kier molecular flexibility index (Phi) is 4.28. The summed E-state index contributed by atoms with van der Waals surface area (Å²) in [6, 6.07) is 6.22. The highest BCUT2D eigenvalue weighted by atomic mass is 79.9. The number of allylic oxidation sites excluding steroid dienone is 7. The van der Waals surface area contributed by atoms with Crippen molar-refractivity contribution in [3.8, 4) is 11.4 Å². The number of benzene rings is 1. The number of hydrogen-bond acceptors (Lipinski definition) is 1. The molecule has 0 fully saturated rings. The summed E-state index contributed by atoms with van der Waals surface area (Å²) >= 11 is 3.56. The quantitative estimate of drug-likeness (QED) is 0.530. The minimum Gasteiger partial charge on any atom is -0.360 e. The highest BCUT2D eigenvalue weighted by Crippen LogP contribution is 2.31. The zero-order chi connectivity index (χ0) is 17.2. The van der Waals surface area contributed by atoms with E-state index in [1.807, 2.05) is 18.3 Å². The fourth-order valence-corrected chi connectivity index (χ4v) is 3.47. The van der Waals surface area contributed by atoms with Gasteiger partial charge in [0.15, 0.2) is 0 Å². The van der Waals surface area contributed by atoms with Crippen molar-refractivity contribution < 1.29 is 0 Å². The molecule has 25 heavy (non-hydrogen) atoms. The second kappa shape index (κ2) is 6.73. The van der Waals surface area contributed by atoms with Crippen LogP contribution in [0.3, 0.4) is 0 Å². The van der Waals surface area contributed by atoms with Crippen molar-refractivity contribution >= 4 is 32.4 Å². The van der Waals surface area contributed by atoms with Crippen LogP contribution in [0.4, 0.5) is 0 Å². The number of hydrogen-bond donors (Lipinski definition) is 2. The Hall–Kier alpha value is -2.59. The predicted octanol–water partition coefficient (Wildman–Crippen LogP) is 5.95. The Morgan fingerprint density at radius 3 is 3.08 bits per heavy atom. The number of halogens is 1. The lowest BCUT2D eigenvalue weighted by Crippen LogP contribution is -1.89. The first-order valence-corrected chi connectivity index (χ1v) is 9.06. The summed E-state index contributed by atoms with van der Waals surface area (Å²) in [6.45, 7) is 3.88. The molecule has 0 radical (unpaired) electrons. The molecule has 0 bridgehead atoms. The number of H-pyrrole nitrogens is 2. The maximum Gasteiger partial charge on any atom is 0.140 e. The standard InChI is InChI=1S/C21H18BrN3/c1-2-7-19-20(14-8-5-3-4-6-9-14)25-21(24-19)17-13-23-18-11-10-15(22)12-16(17)18/h2-5,8-13,23H,1,6-7H2,(H,24,25). The smallest absolute Gasteiger partial charge is 0.140 e. The van der Waals surface area contributed by atoms with Crippen molar-refractivity contribution in [2.24, 2.45) is 0 Å². The first-order chi connectivity index (χ1) is 12.3. The molecule has 0 saturated carbocycles. The Morgan fingerprint density at radius 2 is 2.20 bits per heavy atom. The van der Waals surface area contributed by atoms with E-state index in [2.05, 4.69) is 75.0 Å². The van der Waals surface area contributed by atoms with Crippen LogP contribution < -0.4 is 0 Å². The van der Waals surface area contributed by atoms with Crippen molar-refractivity contribution in [3.63, 3.8) is 0 Å². The summed E-state index contributed by atoms with van der Waals surface area (Å²) in [5, 5.41) is 1.15. The van der Waals surface area contributed by atoms with Gasteiger partial charge in [-0.25, -0.2) is 4.98 Å². The van der Waals surface area contributed by atoms with Crippen LogP contribution in [0.2, 0.25) is 0 Å². The third-order valence-corrected chi connectivity index (χ3v) is 4.79. The zero-order valence-corrected chi connectivity index (χ0v) is 15.3. The van der Waals surface area contributed by atoms with Crippen LogP contribution in [-0.2, 0) is 6.42 Å². The van der Waals surface area contributed by atoms with Crippen molar-refractivity contribution in [2.75, 3.05) is 0 Å². The van der Waals surface area contributed by atoms with Crippen molar-refractivity contribution in [1.82, 2.24) is 15.0 Å². The van der Waals surface area contributed by atoms with E-state index in [-0.39, 0.29) is 0 Å². The number of nitrogens with one attached hydrogen (secondary N) is 2. The van der Waals surface area contributed by atoms with Gasteiger partial charge in [0.25, 0.3) is 0 Å². The van der Waals surface area contributed by atoms with Gasteiger partial charge in [-0.2, -0.15) is 0 Å². The number of nitrogens with zero attached hydrogens (tertiary/aromatic N) is 1. The number of aromatic amines is 2. The third-order valence-electron chi connectivity index (χ3n) is 4.30. The van der Waals surface area contributed by atoms with Gasteiger partial charge in [0.2, 0.25) is 0 Å². The predicted molar refractivity (Wildman–Crippen MR) is 108 cm³/mol. The van der Waals surface area contributed by atoms with Crippen LogP contribution in [0.15, 0.2) is 71.9 Å². The van der Waals surface area contributed by atoms with Gasteiger partial charge in [-0.15, -0.1) is 6.58 Å². The lowest BCUT2D eigenvalue weighted by Gasteiger charge is -2.00. The molecule has 124 valence electrons. The van der Waals surface area contributed by atoms with Crippen molar-refractivity contribution in [2.45, 2.75) is 12.8 Å². The van der Waals surface area contributed by atoms with Crippen LogP contribution >= 0.6 is 15.9 Å². The van der Waals surface area contributed by atoms with E-state index in [1.54, 1.807) is 0 Å². The van der Waals surface area contributed by atoms with Gasteiger partial charge in [-0.1, -0.05) is 52.4 Å². The normalized spacial score (nSPS) is 13.9. The van der Waals surface area contributed by atoms with Crippen LogP contribution in [-0.4, -0.2) is 15.0 Å². The SMILES string of the molecule is C=CCc1[nH]c(-c2c[nH]c3ccc(Br)cc23)nc1C1=CCC=CC=C1. The molecule has 2 N–H and O–H groups in total. The van der Waals surface area contributed by atoms with Gasteiger partial charge >= 0.3 is 0 Å². The monoisotopic (exact) mass is 391 g/mol. The molecule has 1 aromatic carbocycles. The number of aromatic nitrogens is 3. The number of imidazole rings is 1. The molecule has 3 aromatic rings. The Labute approximate surface area is 155 Å². The maximum absolute atomic E-state index is 4.93. The van der Waals surface area contributed by atoms with Crippen LogP contribution in [0, 0.1) is 0 Å². The Balaban J connectivity index is 1.85. The number of rotatable bonds is 4. The van der Waals surface area contributed by atoms with E-state index in [0.29, 0.717) is 0 Å². The van der Waals surface area contributed by atoms with E-state index in [0.717, 1.165) is 56.6 Å². The zero-order valence-electron chi connectivity index (χ0n) is 13.7. The van der Waals surface area contributed by atoms with E-state index >= 15 is 0 Å². The lowest BCUT2D eigenvalue weighted by molar-refractivity contribution is 1.15. The average Bonchev–Trinajstić information content (AvgIpc) is 3.10. The molecule has 0 amide bonds. The first-order valence-electron chi connectivity index (χ1n) is 8.27. The van der Waals surface area contributed by atoms with E-state index in [1.165, 1.54) is 0 Å². The Bertz CT molecular complexity index is 1030. The summed E-state index contributed by atoms with van der Waals surface area (Å²) in [5.41, 5.74) is 5.40. The molecule has 0 aliphatic heterocycles. The third kappa shape index (κ3) is 3.05. The van der Waals surface area contributed by atoms with Crippen LogP contribution in [0.25, 0.3) is 27.9 Å². The minimum absolute atomic E-state index is 0.757. The highest BCUT2D eigenvalue weighted by molar-refractivity contribution is 9.10. The number of fused-ring (bicyclic) bond motifs is 1. The Morgan fingerprint density at radius 1 is 1.28 bits per heavy atom. The summed E-state index contributed by atoms with van der Waals surface area (Å²) in [7, 11) is 0. The second-order valence-electron chi connectivity index (χ2n) is 5.98. The molecule has 1 aliphatic rings. The van der Waals surface area contributed by atoms with Crippen molar-refractivity contribution in [3.05, 3.63) is 83.3 Å². The summed E-state index contributed by atoms with van der Waals surface area (Å²) in [6.07, 6.45) is 16.2.